The molecule has 1 amide bonds. The van der Waals surface area contributed by atoms with Gasteiger partial charge in [-0.2, -0.15) is 0 Å². The molecule has 2 aliphatic heterocycles. The maximum Gasteiger partial charge on any atom is 0.226 e. The van der Waals surface area contributed by atoms with Crippen LogP contribution in [0.1, 0.15) is 36.8 Å². The zero-order valence-electron chi connectivity index (χ0n) is 14.7. The van der Waals surface area contributed by atoms with Crippen molar-refractivity contribution in [2.45, 2.75) is 38.7 Å². The van der Waals surface area contributed by atoms with Crippen molar-refractivity contribution in [1.82, 2.24) is 5.32 Å². The summed E-state index contributed by atoms with van der Waals surface area (Å²) in [6, 6.07) is 8.13. The van der Waals surface area contributed by atoms with Crippen molar-refractivity contribution in [2.75, 3.05) is 26.4 Å². The first kappa shape index (κ1) is 17.9. The largest absolute Gasteiger partial charge is 0.395 e. The van der Waals surface area contributed by atoms with Crippen LogP contribution in [0.2, 0.25) is 0 Å². The van der Waals surface area contributed by atoms with Gasteiger partial charge >= 0.3 is 0 Å². The van der Waals surface area contributed by atoms with Gasteiger partial charge in [0.05, 0.1) is 17.7 Å². The van der Waals surface area contributed by atoms with Crippen molar-refractivity contribution in [3.63, 3.8) is 0 Å². The molecule has 1 aromatic rings. The number of nitrogens with one attached hydrogen (secondary N) is 1. The minimum absolute atomic E-state index is 0.0159. The van der Waals surface area contributed by atoms with Crippen LogP contribution in [-0.2, 0) is 14.4 Å². The highest BCUT2D eigenvalue weighted by Gasteiger charge is 2.43. The highest BCUT2D eigenvalue weighted by Crippen LogP contribution is 2.38. The Balaban J connectivity index is 1.67. The number of aliphatic hydroxyl groups excluding tert-OH is 1. The number of aryl methyl sites for hydroxylation is 1. The topological polar surface area (TPSA) is 80.2 Å². The van der Waals surface area contributed by atoms with Gasteiger partial charge in [0.25, 0.3) is 0 Å². The molecule has 1 aromatic carbocycles. The van der Waals surface area contributed by atoms with E-state index in [0.29, 0.717) is 38.9 Å². The molecule has 1 fully saturated rings. The van der Waals surface area contributed by atoms with Crippen LogP contribution < -0.4 is 5.32 Å². The second-order valence-corrected chi connectivity index (χ2v) is 6.86. The predicted molar refractivity (Wildman–Crippen MR) is 94.4 cm³/mol. The zero-order chi connectivity index (χ0) is 17.7. The van der Waals surface area contributed by atoms with Crippen LogP contribution in [-0.4, -0.2) is 49.2 Å². The van der Waals surface area contributed by atoms with Gasteiger partial charge < -0.3 is 20.0 Å². The molecule has 0 aliphatic carbocycles. The van der Waals surface area contributed by atoms with Crippen molar-refractivity contribution in [1.29, 1.82) is 0 Å². The Hall–Kier alpha value is -1.92. The quantitative estimate of drug-likeness (QED) is 0.823. The van der Waals surface area contributed by atoms with E-state index in [4.69, 9.17) is 14.7 Å². The van der Waals surface area contributed by atoms with Gasteiger partial charge in [-0.1, -0.05) is 29.4 Å². The second kappa shape index (κ2) is 7.97. The molecule has 0 spiro atoms. The van der Waals surface area contributed by atoms with Crippen molar-refractivity contribution in [3.05, 3.63) is 35.4 Å². The summed E-state index contributed by atoms with van der Waals surface area (Å²) in [4.78, 5) is 18.4. The number of hydrogen-bond donors (Lipinski definition) is 2. The van der Waals surface area contributed by atoms with Crippen molar-refractivity contribution in [2.24, 2.45) is 10.6 Å². The molecule has 136 valence electrons. The van der Waals surface area contributed by atoms with E-state index in [1.807, 2.05) is 12.1 Å². The first-order valence-corrected chi connectivity index (χ1v) is 8.90. The first-order chi connectivity index (χ1) is 12.1. The average molecular weight is 346 g/mol. The zero-order valence-corrected chi connectivity index (χ0v) is 14.7. The standard InChI is InChI=1S/C19H26N2O4/c1-14-4-2-3-5-16(14)17-12-15(25-21-17)13-19(6-10-24-11-7-19)18(23)20-8-9-22/h2-5,15,22H,6-13H2,1H3,(H,20,23)/t15-/m1/s1. The average Bonchev–Trinajstić information content (AvgIpc) is 3.08. The predicted octanol–water partition coefficient (Wildman–Crippen LogP) is 1.78. The number of aliphatic hydroxyl groups is 1. The number of carbonyl (C=O) groups excluding carboxylic acids is 1. The molecule has 2 N–H and O–H groups in total. The van der Waals surface area contributed by atoms with Crippen LogP contribution >= 0.6 is 0 Å². The fourth-order valence-corrected chi connectivity index (χ4v) is 3.67. The van der Waals surface area contributed by atoms with E-state index in [2.05, 4.69) is 29.5 Å². The third-order valence-corrected chi connectivity index (χ3v) is 5.14. The van der Waals surface area contributed by atoms with Gasteiger partial charge in [-0.15, -0.1) is 0 Å². The lowest BCUT2D eigenvalue weighted by atomic mass is 9.74. The summed E-state index contributed by atoms with van der Waals surface area (Å²) < 4.78 is 5.45. The third-order valence-electron chi connectivity index (χ3n) is 5.14. The molecule has 0 saturated carbocycles. The Labute approximate surface area is 148 Å². The summed E-state index contributed by atoms with van der Waals surface area (Å²) in [5.74, 6) is -0.0159. The number of oxime groups is 1. The van der Waals surface area contributed by atoms with Crippen LogP contribution in [0.4, 0.5) is 0 Å². The van der Waals surface area contributed by atoms with E-state index in [1.54, 1.807) is 0 Å². The summed E-state index contributed by atoms with van der Waals surface area (Å²) >= 11 is 0. The Bertz CT molecular complexity index is 638. The molecule has 25 heavy (non-hydrogen) atoms. The van der Waals surface area contributed by atoms with E-state index in [9.17, 15) is 4.79 Å². The third kappa shape index (κ3) is 4.02. The van der Waals surface area contributed by atoms with Gasteiger partial charge in [0.15, 0.2) is 0 Å². The van der Waals surface area contributed by atoms with E-state index in [1.165, 1.54) is 5.56 Å². The smallest absolute Gasteiger partial charge is 0.226 e. The molecule has 0 bridgehead atoms. The molecule has 6 heteroatoms. The maximum atomic E-state index is 12.7. The van der Waals surface area contributed by atoms with E-state index in [0.717, 1.165) is 11.3 Å². The van der Waals surface area contributed by atoms with Gasteiger partial charge in [0, 0.05) is 38.2 Å². The molecular formula is C19H26N2O4. The van der Waals surface area contributed by atoms with Crippen LogP contribution in [0.25, 0.3) is 0 Å². The van der Waals surface area contributed by atoms with Gasteiger partial charge in [-0.05, 0) is 25.3 Å². The fraction of sp³-hybridized carbons (Fsp3) is 0.579. The van der Waals surface area contributed by atoms with Gasteiger partial charge in [0.1, 0.15) is 6.10 Å². The molecule has 0 unspecified atom stereocenters. The molecule has 0 aromatic heterocycles. The molecule has 1 saturated heterocycles. The van der Waals surface area contributed by atoms with E-state index >= 15 is 0 Å². The second-order valence-electron chi connectivity index (χ2n) is 6.86. The van der Waals surface area contributed by atoms with E-state index in [-0.39, 0.29) is 25.2 Å². The molecule has 6 nitrogen and oxygen atoms in total. The minimum atomic E-state index is -0.505. The number of benzene rings is 1. The van der Waals surface area contributed by atoms with Crippen LogP contribution in [0, 0.1) is 12.3 Å². The summed E-state index contributed by atoms with van der Waals surface area (Å²) in [5, 5.41) is 16.1. The summed E-state index contributed by atoms with van der Waals surface area (Å²) in [6.45, 7) is 3.43. The number of rotatable bonds is 6. The maximum absolute atomic E-state index is 12.7. The Morgan fingerprint density at radius 2 is 2.12 bits per heavy atom. The lowest BCUT2D eigenvalue weighted by Gasteiger charge is -2.36. The molecule has 2 heterocycles. The normalized spacial score (nSPS) is 22.2. The highest BCUT2D eigenvalue weighted by molar-refractivity contribution is 6.02. The highest BCUT2D eigenvalue weighted by atomic mass is 16.6. The first-order valence-electron chi connectivity index (χ1n) is 8.90. The summed E-state index contributed by atoms with van der Waals surface area (Å²) in [6.07, 6.45) is 2.56. The number of ether oxygens (including phenoxy) is 1. The lowest BCUT2D eigenvalue weighted by molar-refractivity contribution is -0.140. The molecule has 2 aliphatic rings. The Kier molecular flexibility index (Phi) is 5.71. The van der Waals surface area contributed by atoms with Crippen LogP contribution in [0.5, 0.6) is 0 Å². The van der Waals surface area contributed by atoms with Crippen molar-refractivity contribution in [3.8, 4) is 0 Å². The molecule has 1 atom stereocenters. The summed E-state index contributed by atoms with van der Waals surface area (Å²) in [5.41, 5.74) is 2.72. The van der Waals surface area contributed by atoms with Crippen LogP contribution in [0.15, 0.2) is 29.4 Å². The van der Waals surface area contributed by atoms with E-state index < -0.39 is 5.41 Å². The molecular weight excluding hydrogens is 320 g/mol. The molecule has 0 radical (unpaired) electrons. The Morgan fingerprint density at radius 1 is 1.36 bits per heavy atom. The van der Waals surface area contributed by atoms with Gasteiger partial charge in [-0.25, -0.2) is 0 Å². The SMILES string of the molecule is Cc1ccccc1C1=NO[C@@H](CC2(C(=O)NCCO)CCOCC2)C1. The monoisotopic (exact) mass is 346 g/mol. The number of nitrogens with zero attached hydrogens (tertiary/aromatic N) is 1. The minimum Gasteiger partial charge on any atom is -0.395 e. The Morgan fingerprint density at radius 3 is 2.84 bits per heavy atom. The molecule has 3 rings (SSSR count). The summed E-state index contributed by atoms with van der Waals surface area (Å²) in [7, 11) is 0. The number of hydrogen-bond acceptors (Lipinski definition) is 5. The van der Waals surface area contributed by atoms with Gasteiger partial charge in [-0.3, -0.25) is 4.79 Å². The van der Waals surface area contributed by atoms with Crippen molar-refractivity contribution < 1.29 is 19.5 Å². The number of carbonyl (C=O) groups is 1. The lowest BCUT2D eigenvalue weighted by Crippen LogP contribution is -2.47. The number of amides is 1. The van der Waals surface area contributed by atoms with Crippen molar-refractivity contribution >= 4 is 11.6 Å². The van der Waals surface area contributed by atoms with Gasteiger partial charge in [0.2, 0.25) is 5.91 Å². The fourth-order valence-electron chi connectivity index (χ4n) is 3.67. The van der Waals surface area contributed by atoms with Crippen LogP contribution in [0.3, 0.4) is 0 Å².